The molecule has 0 radical (unpaired) electrons. The van der Waals surface area contributed by atoms with Crippen molar-refractivity contribution in [2.75, 3.05) is 11.9 Å². The number of hydrogen-bond donors (Lipinski definition) is 3. The summed E-state index contributed by atoms with van der Waals surface area (Å²) < 4.78 is 0. The van der Waals surface area contributed by atoms with Gasteiger partial charge in [-0.25, -0.2) is 4.79 Å². The maximum Gasteiger partial charge on any atom is 0.319 e. The third kappa shape index (κ3) is 3.72. The number of amides is 2. The van der Waals surface area contributed by atoms with Crippen LogP contribution in [0.2, 0.25) is 5.02 Å². The van der Waals surface area contributed by atoms with E-state index in [1.165, 1.54) is 11.3 Å². The number of aliphatic hydroxyl groups excluding tert-OH is 1. The number of urea groups is 1. The number of para-hydroxylation sites is 1. The summed E-state index contributed by atoms with van der Waals surface area (Å²) in [6, 6.07) is 8.52. The second-order valence-corrected chi connectivity index (χ2v) is 5.65. The standard InChI is InChI=1S/C14H15ClN2O2S/c1-9-6-7-20-13(9)12(18)8-16-14(19)17-11-5-3-2-4-10(11)15/h2-7,12,18H,8H2,1H3,(H2,16,17,19). The molecule has 20 heavy (non-hydrogen) atoms. The number of anilines is 1. The van der Waals surface area contributed by atoms with Crippen LogP contribution in [-0.4, -0.2) is 17.7 Å². The topological polar surface area (TPSA) is 61.4 Å². The number of aryl methyl sites for hydroxylation is 1. The van der Waals surface area contributed by atoms with E-state index in [1.54, 1.807) is 24.3 Å². The fourth-order valence-corrected chi connectivity index (χ4v) is 2.83. The van der Waals surface area contributed by atoms with Crippen LogP contribution in [0.25, 0.3) is 0 Å². The van der Waals surface area contributed by atoms with E-state index in [2.05, 4.69) is 10.6 Å². The van der Waals surface area contributed by atoms with Gasteiger partial charge < -0.3 is 15.7 Å². The van der Waals surface area contributed by atoms with Crippen LogP contribution in [0.1, 0.15) is 16.5 Å². The highest BCUT2D eigenvalue weighted by Crippen LogP contribution is 2.23. The molecule has 4 nitrogen and oxygen atoms in total. The molecule has 106 valence electrons. The highest BCUT2D eigenvalue weighted by atomic mass is 35.5. The van der Waals surface area contributed by atoms with Gasteiger partial charge in [0.2, 0.25) is 0 Å². The summed E-state index contributed by atoms with van der Waals surface area (Å²) in [6.07, 6.45) is -0.702. The zero-order valence-corrected chi connectivity index (χ0v) is 12.5. The molecule has 1 atom stereocenters. The Bertz CT molecular complexity index is 600. The molecule has 2 aromatic rings. The Hall–Kier alpha value is -1.56. The minimum absolute atomic E-state index is 0.150. The Balaban J connectivity index is 1.87. The fourth-order valence-electron chi connectivity index (χ4n) is 1.74. The number of thiophene rings is 1. The molecule has 1 heterocycles. The smallest absolute Gasteiger partial charge is 0.319 e. The molecule has 0 aliphatic carbocycles. The predicted molar refractivity (Wildman–Crippen MR) is 82.5 cm³/mol. The van der Waals surface area contributed by atoms with E-state index in [-0.39, 0.29) is 6.54 Å². The number of rotatable bonds is 4. The molecule has 0 saturated heterocycles. The molecule has 0 spiro atoms. The third-order valence-corrected chi connectivity index (χ3v) is 4.23. The third-order valence-electron chi connectivity index (χ3n) is 2.78. The molecule has 2 rings (SSSR count). The van der Waals surface area contributed by atoms with Gasteiger partial charge in [0, 0.05) is 4.88 Å². The minimum atomic E-state index is -0.702. The maximum atomic E-state index is 11.7. The first-order valence-electron chi connectivity index (χ1n) is 6.09. The molecular formula is C14H15ClN2O2S. The first-order chi connectivity index (χ1) is 9.58. The zero-order chi connectivity index (χ0) is 14.5. The number of carbonyl (C=O) groups is 1. The second-order valence-electron chi connectivity index (χ2n) is 4.30. The maximum absolute atomic E-state index is 11.7. The van der Waals surface area contributed by atoms with E-state index in [1.807, 2.05) is 18.4 Å². The average Bonchev–Trinajstić information content (AvgIpc) is 2.85. The van der Waals surface area contributed by atoms with Crippen molar-refractivity contribution in [2.45, 2.75) is 13.0 Å². The van der Waals surface area contributed by atoms with Gasteiger partial charge in [-0.3, -0.25) is 0 Å². The molecule has 0 aliphatic rings. The summed E-state index contributed by atoms with van der Waals surface area (Å²) in [4.78, 5) is 12.6. The van der Waals surface area contributed by atoms with Gasteiger partial charge in [-0.1, -0.05) is 23.7 Å². The molecule has 0 fully saturated rings. The number of aliphatic hydroxyl groups is 1. The lowest BCUT2D eigenvalue weighted by Gasteiger charge is -2.13. The summed E-state index contributed by atoms with van der Waals surface area (Å²) in [7, 11) is 0. The lowest BCUT2D eigenvalue weighted by molar-refractivity contribution is 0.178. The van der Waals surface area contributed by atoms with E-state index >= 15 is 0 Å². The van der Waals surface area contributed by atoms with Crippen LogP contribution in [0.4, 0.5) is 10.5 Å². The van der Waals surface area contributed by atoms with Crippen LogP contribution in [0.3, 0.4) is 0 Å². The Morgan fingerprint density at radius 1 is 1.40 bits per heavy atom. The summed E-state index contributed by atoms with van der Waals surface area (Å²) in [5.41, 5.74) is 1.56. The van der Waals surface area contributed by atoms with Gasteiger partial charge in [0.25, 0.3) is 0 Å². The quantitative estimate of drug-likeness (QED) is 0.808. The Kier molecular flexibility index (Phi) is 5.00. The van der Waals surface area contributed by atoms with Crippen molar-refractivity contribution in [3.05, 3.63) is 51.2 Å². The summed E-state index contributed by atoms with van der Waals surface area (Å²) in [5, 5.41) is 17.6. The number of carbonyl (C=O) groups excluding carboxylic acids is 1. The molecule has 6 heteroatoms. The molecule has 0 saturated carbocycles. The summed E-state index contributed by atoms with van der Waals surface area (Å²) >= 11 is 7.42. The van der Waals surface area contributed by atoms with Crippen molar-refractivity contribution < 1.29 is 9.90 Å². The molecule has 1 unspecified atom stereocenters. The van der Waals surface area contributed by atoms with Crippen molar-refractivity contribution in [3.8, 4) is 0 Å². The lowest BCUT2D eigenvalue weighted by Crippen LogP contribution is -2.32. The largest absolute Gasteiger partial charge is 0.386 e. The first-order valence-corrected chi connectivity index (χ1v) is 7.35. The normalized spacial score (nSPS) is 11.9. The van der Waals surface area contributed by atoms with E-state index in [4.69, 9.17) is 11.6 Å². The molecule has 3 N–H and O–H groups in total. The van der Waals surface area contributed by atoms with Crippen LogP contribution in [0, 0.1) is 6.92 Å². The van der Waals surface area contributed by atoms with Crippen molar-refractivity contribution in [1.82, 2.24) is 5.32 Å². The second kappa shape index (κ2) is 6.74. The van der Waals surface area contributed by atoms with Crippen LogP contribution >= 0.6 is 22.9 Å². The van der Waals surface area contributed by atoms with Crippen LogP contribution < -0.4 is 10.6 Å². The SMILES string of the molecule is Cc1ccsc1C(O)CNC(=O)Nc1ccccc1Cl. The summed E-state index contributed by atoms with van der Waals surface area (Å²) in [6.45, 7) is 2.08. The van der Waals surface area contributed by atoms with E-state index in [9.17, 15) is 9.90 Å². The van der Waals surface area contributed by atoms with Gasteiger partial charge in [0.05, 0.1) is 17.3 Å². The van der Waals surface area contributed by atoms with Crippen LogP contribution in [0.15, 0.2) is 35.7 Å². The van der Waals surface area contributed by atoms with Crippen molar-refractivity contribution in [3.63, 3.8) is 0 Å². The van der Waals surface area contributed by atoms with Gasteiger partial charge >= 0.3 is 6.03 Å². The number of hydrogen-bond acceptors (Lipinski definition) is 3. The van der Waals surface area contributed by atoms with Gasteiger partial charge in [-0.2, -0.15) is 0 Å². The lowest BCUT2D eigenvalue weighted by atomic mass is 10.2. The molecule has 0 bridgehead atoms. The van der Waals surface area contributed by atoms with E-state index in [0.717, 1.165) is 10.4 Å². The summed E-state index contributed by atoms with van der Waals surface area (Å²) in [5.74, 6) is 0. The van der Waals surface area contributed by atoms with E-state index in [0.29, 0.717) is 10.7 Å². The van der Waals surface area contributed by atoms with Crippen LogP contribution in [-0.2, 0) is 0 Å². The van der Waals surface area contributed by atoms with Crippen molar-refractivity contribution in [2.24, 2.45) is 0 Å². The predicted octanol–water partition coefficient (Wildman–Crippen LogP) is 3.57. The molecular weight excluding hydrogens is 296 g/mol. The molecule has 2 amide bonds. The molecule has 0 aliphatic heterocycles. The number of benzene rings is 1. The average molecular weight is 311 g/mol. The first kappa shape index (κ1) is 14.8. The van der Waals surface area contributed by atoms with Crippen LogP contribution in [0.5, 0.6) is 0 Å². The monoisotopic (exact) mass is 310 g/mol. The van der Waals surface area contributed by atoms with Crippen molar-refractivity contribution in [1.29, 1.82) is 0 Å². The van der Waals surface area contributed by atoms with Crippen molar-refractivity contribution >= 4 is 34.7 Å². The van der Waals surface area contributed by atoms with Gasteiger partial charge in [0.1, 0.15) is 6.10 Å². The van der Waals surface area contributed by atoms with E-state index < -0.39 is 12.1 Å². The zero-order valence-electron chi connectivity index (χ0n) is 10.9. The molecule has 1 aromatic carbocycles. The highest BCUT2D eigenvalue weighted by molar-refractivity contribution is 7.10. The molecule has 1 aromatic heterocycles. The minimum Gasteiger partial charge on any atom is -0.386 e. The Morgan fingerprint density at radius 2 is 2.15 bits per heavy atom. The Labute approximate surface area is 126 Å². The number of halogens is 1. The Morgan fingerprint density at radius 3 is 2.80 bits per heavy atom. The number of nitrogens with one attached hydrogen (secondary N) is 2. The fraction of sp³-hybridized carbons (Fsp3) is 0.214. The van der Waals surface area contributed by atoms with Gasteiger partial charge in [-0.15, -0.1) is 11.3 Å². The van der Waals surface area contributed by atoms with Gasteiger partial charge in [0.15, 0.2) is 0 Å². The van der Waals surface area contributed by atoms with Gasteiger partial charge in [-0.05, 0) is 36.1 Å². The highest BCUT2D eigenvalue weighted by Gasteiger charge is 2.13.